The van der Waals surface area contributed by atoms with Crippen LogP contribution in [-0.4, -0.2) is 64.9 Å². The molecule has 1 atom stereocenters. The summed E-state index contributed by atoms with van der Waals surface area (Å²) in [6.45, 7) is 11.2. The molecule has 4 heterocycles. The molecule has 2 fully saturated rings. The number of aliphatic imine (C=N–C) groups is 2. The Balaban J connectivity index is 1.50. The van der Waals surface area contributed by atoms with Gasteiger partial charge in [0.2, 0.25) is 0 Å². The van der Waals surface area contributed by atoms with E-state index in [1.54, 1.807) is 4.90 Å². The van der Waals surface area contributed by atoms with Crippen LogP contribution in [0.25, 0.3) is 0 Å². The SMILES string of the molecule is CCN1C(=O)NC(=O)C12CCN(CC1=NC=C3C=C(C#N)N=C3C1CC(C)(C)C)CC2. The molecule has 0 bridgehead atoms. The van der Waals surface area contributed by atoms with Crippen LogP contribution in [0.15, 0.2) is 33.5 Å². The Hall–Kier alpha value is -2.79. The van der Waals surface area contributed by atoms with Gasteiger partial charge in [0.15, 0.2) is 0 Å². The molecule has 0 radical (unpaired) electrons. The lowest BCUT2D eigenvalue weighted by Gasteiger charge is -2.42. The molecule has 2 saturated heterocycles. The smallest absolute Gasteiger partial charge is 0.310 e. The topological polar surface area (TPSA) is 101 Å². The van der Waals surface area contributed by atoms with Gasteiger partial charge < -0.3 is 4.90 Å². The van der Waals surface area contributed by atoms with Crippen LogP contribution in [0.5, 0.6) is 0 Å². The molecule has 0 saturated carbocycles. The number of imide groups is 1. The van der Waals surface area contributed by atoms with Gasteiger partial charge in [-0.2, -0.15) is 5.26 Å². The predicted molar refractivity (Wildman–Crippen MR) is 119 cm³/mol. The van der Waals surface area contributed by atoms with E-state index in [0.29, 0.717) is 31.6 Å². The second kappa shape index (κ2) is 7.72. The molecule has 0 aromatic heterocycles. The number of likely N-dealkylation sites (N-methyl/N-ethyl adjacent to an activating group) is 1. The highest BCUT2D eigenvalue weighted by Crippen LogP contribution is 2.36. The average Bonchev–Trinajstić information content (AvgIpc) is 3.23. The maximum absolute atomic E-state index is 12.5. The van der Waals surface area contributed by atoms with Gasteiger partial charge in [-0.15, -0.1) is 0 Å². The highest BCUT2D eigenvalue weighted by molar-refractivity contribution is 6.20. The number of piperidine rings is 1. The first-order chi connectivity index (χ1) is 14.7. The van der Waals surface area contributed by atoms with Gasteiger partial charge in [-0.1, -0.05) is 20.8 Å². The number of nitrogens with one attached hydrogen (secondary N) is 1. The molecule has 8 nitrogen and oxygen atoms in total. The predicted octanol–water partition coefficient (Wildman–Crippen LogP) is 2.65. The van der Waals surface area contributed by atoms with Crippen molar-refractivity contribution in [3.8, 4) is 6.07 Å². The number of likely N-dealkylation sites (tertiary alicyclic amines) is 1. The van der Waals surface area contributed by atoms with Gasteiger partial charge in [0.05, 0.1) is 5.71 Å². The van der Waals surface area contributed by atoms with E-state index in [4.69, 9.17) is 4.99 Å². The van der Waals surface area contributed by atoms with Gasteiger partial charge >= 0.3 is 6.03 Å². The van der Waals surface area contributed by atoms with Gasteiger partial charge in [0.1, 0.15) is 17.3 Å². The molecule has 1 N–H and O–H groups in total. The number of nitriles is 1. The summed E-state index contributed by atoms with van der Waals surface area (Å²) in [6.07, 6.45) is 5.78. The molecule has 8 heteroatoms. The lowest BCUT2D eigenvalue weighted by molar-refractivity contribution is -0.128. The highest BCUT2D eigenvalue weighted by atomic mass is 16.2. The van der Waals surface area contributed by atoms with Gasteiger partial charge in [-0.25, -0.2) is 9.79 Å². The molecule has 0 aliphatic carbocycles. The molecular formula is C23H30N6O2. The summed E-state index contributed by atoms with van der Waals surface area (Å²) in [5, 5.41) is 11.8. The van der Waals surface area contributed by atoms with Crippen molar-refractivity contribution in [3.05, 3.63) is 23.5 Å². The average molecular weight is 423 g/mol. The third kappa shape index (κ3) is 3.83. The zero-order chi connectivity index (χ0) is 22.4. The maximum atomic E-state index is 12.5. The molecular weight excluding hydrogens is 392 g/mol. The normalized spacial score (nSPS) is 25.5. The zero-order valence-corrected chi connectivity index (χ0v) is 18.7. The van der Waals surface area contributed by atoms with E-state index >= 15 is 0 Å². The fraction of sp³-hybridized carbons (Fsp3) is 0.609. The minimum Gasteiger partial charge on any atom is -0.310 e. The molecule has 3 amide bonds. The van der Waals surface area contributed by atoms with Crippen LogP contribution in [0.3, 0.4) is 0 Å². The third-order valence-corrected chi connectivity index (χ3v) is 6.65. The maximum Gasteiger partial charge on any atom is 0.325 e. The molecule has 0 aromatic rings. The van der Waals surface area contributed by atoms with Crippen molar-refractivity contribution in [2.75, 3.05) is 26.2 Å². The number of allylic oxidation sites excluding steroid dienone is 3. The Morgan fingerprint density at radius 3 is 2.61 bits per heavy atom. The molecule has 164 valence electrons. The number of urea groups is 1. The van der Waals surface area contributed by atoms with Crippen molar-refractivity contribution < 1.29 is 9.59 Å². The number of hydrogen-bond acceptors (Lipinski definition) is 6. The van der Waals surface area contributed by atoms with Crippen LogP contribution >= 0.6 is 0 Å². The van der Waals surface area contributed by atoms with Gasteiger partial charge in [0, 0.05) is 49.6 Å². The third-order valence-electron chi connectivity index (χ3n) is 6.65. The Morgan fingerprint density at radius 1 is 1.29 bits per heavy atom. The minimum atomic E-state index is -0.713. The monoisotopic (exact) mass is 422 g/mol. The largest absolute Gasteiger partial charge is 0.325 e. The molecule has 4 aliphatic heterocycles. The molecule has 31 heavy (non-hydrogen) atoms. The Labute approximate surface area is 183 Å². The van der Waals surface area contributed by atoms with E-state index < -0.39 is 5.54 Å². The Bertz CT molecular complexity index is 967. The number of carbonyl (C=O) groups excluding carboxylic acids is 2. The van der Waals surface area contributed by atoms with Crippen LogP contribution < -0.4 is 5.32 Å². The van der Waals surface area contributed by atoms with Gasteiger partial charge in [-0.05, 0) is 37.7 Å². The van der Waals surface area contributed by atoms with Crippen molar-refractivity contribution >= 4 is 23.4 Å². The second-order valence-electron chi connectivity index (χ2n) is 9.97. The molecule has 4 aliphatic rings. The molecule has 1 spiro atoms. The van der Waals surface area contributed by atoms with E-state index in [0.717, 1.165) is 36.5 Å². The minimum absolute atomic E-state index is 0.0708. The number of amides is 3. The number of hydrogen-bond donors (Lipinski definition) is 1. The summed E-state index contributed by atoms with van der Waals surface area (Å²) in [5.74, 6) is -0.0934. The van der Waals surface area contributed by atoms with E-state index in [1.165, 1.54) is 0 Å². The quantitative estimate of drug-likeness (QED) is 0.704. The first-order valence-corrected chi connectivity index (χ1v) is 11.0. The zero-order valence-electron chi connectivity index (χ0n) is 18.7. The molecule has 1 unspecified atom stereocenters. The molecule has 4 rings (SSSR count). The van der Waals surface area contributed by atoms with Crippen molar-refractivity contribution in [1.29, 1.82) is 5.26 Å². The van der Waals surface area contributed by atoms with E-state index in [1.807, 2.05) is 19.2 Å². The van der Waals surface area contributed by atoms with Crippen molar-refractivity contribution in [2.24, 2.45) is 21.3 Å². The van der Waals surface area contributed by atoms with Crippen LogP contribution in [0, 0.1) is 22.7 Å². The van der Waals surface area contributed by atoms with Crippen LogP contribution in [0.1, 0.15) is 47.0 Å². The number of carbonyl (C=O) groups is 2. The van der Waals surface area contributed by atoms with Crippen molar-refractivity contribution in [1.82, 2.24) is 15.1 Å². The second-order valence-corrected chi connectivity index (χ2v) is 9.97. The Kier molecular flexibility index (Phi) is 5.34. The fourth-order valence-corrected chi connectivity index (χ4v) is 5.12. The van der Waals surface area contributed by atoms with E-state index in [9.17, 15) is 14.9 Å². The van der Waals surface area contributed by atoms with Crippen LogP contribution in [-0.2, 0) is 4.79 Å². The lowest BCUT2D eigenvalue weighted by Crippen LogP contribution is -2.57. The van der Waals surface area contributed by atoms with E-state index in [2.05, 4.69) is 42.0 Å². The number of nitrogens with zero attached hydrogens (tertiary/aromatic N) is 5. The summed E-state index contributed by atoms with van der Waals surface area (Å²) < 4.78 is 0. The first-order valence-electron chi connectivity index (χ1n) is 11.0. The summed E-state index contributed by atoms with van der Waals surface area (Å²) in [7, 11) is 0. The van der Waals surface area contributed by atoms with Crippen LogP contribution in [0.2, 0.25) is 0 Å². The summed E-state index contributed by atoms with van der Waals surface area (Å²) >= 11 is 0. The fourth-order valence-electron chi connectivity index (χ4n) is 5.12. The first kappa shape index (κ1) is 21.4. The summed E-state index contributed by atoms with van der Waals surface area (Å²) in [5.41, 5.74) is 2.75. The van der Waals surface area contributed by atoms with Crippen molar-refractivity contribution in [3.63, 3.8) is 0 Å². The van der Waals surface area contributed by atoms with Gasteiger partial charge in [0.25, 0.3) is 5.91 Å². The number of fused-ring (bicyclic) bond motifs is 1. The molecule has 0 aromatic carbocycles. The Morgan fingerprint density at radius 2 is 2.00 bits per heavy atom. The van der Waals surface area contributed by atoms with E-state index in [-0.39, 0.29) is 23.3 Å². The number of rotatable bonds is 4. The summed E-state index contributed by atoms with van der Waals surface area (Å²) in [4.78, 5) is 38.1. The lowest BCUT2D eigenvalue weighted by atomic mass is 9.77. The standard InChI is InChI=1S/C23H30N6O2/c1-5-29-21(31)27-20(30)23(29)6-8-28(9-7-23)14-18-17(11-22(2,3)4)19-15(13-25-18)10-16(12-24)26-19/h10,13,17H,5-9,11,14H2,1-4H3,(H,27,30,31). The highest BCUT2D eigenvalue weighted by Gasteiger charge is 2.53. The van der Waals surface area contributed by atoms with Gasteiger partial charge in [-0.3, -0.25) is 20.0 Å². The van der Waals surface area contributed by atoms with Crippen LogP contribution in [0.4, 0.5) is 4.79 Å². The van der Waals surface area contributed by atoms with Crippen molar-refractivity contribution in [2.45, 2.75) is 52.5 Å². The summed E-state index contributed by atoms with van der Waals surface area (Å²) in [6, 6.07) is 1.87.